The molecule has 1 aliphatic rings. The Bertz CT molecular complexity index is 870. The van der Waals surface area contributed by atoms with Crippen molar-refractivity contribution in [1.29, 1.82) is 0 Å². The van der Waals surface area contributed by atoms with E-state index in [2.05, 4.69) is 25.3 Å². The molecule has 3 rings (SSSR count). The summed E-state index contributed by atoms with van der Waals surface area (Å²) in [6, 6.07) is 5.07. The number of hydrogen-bond donors (Lipinski definition) is 1. The molecule has 0 radical (unpaired) electrons. The first-order valence-corrected chi connectivity index (χ1v) is 10.3. The van der Waals surface area contributed by atoms with Crippen LogP contribution in [-0.4, -0.2) is 34.9 Å². The second kappa shape index (κ2) is 5.56. The van der Waals surface area contributed by atoms with Crippen molar-refractivity contribution >= 4 is 20.9 Å². The predicted molar refractivity (Wildman–Crippen MR) is 95.0 cm³/mol. The number of nitrogens with zero attached hydrogens (tertiary/aromatic N) is 2. The van der Waals surface area contributed by atoms with Gasteiger partial charge in [0.15, 0.2) is 9.84 Å². The van der Waals surface area contributed by atoms with Crippen molar-refractivity contribution in [2.24, 2.45) is 0 Å². The summed E-state index contributed by atoms with van der Waals surface area (Å²) in [7, 11) is -3.27. The maximum absolute atomic E-state index is 11.8. The van der Waals surface area contributed by atoms with E-state index >= 15 is 0 Å². The monoisotopic (exact) mass is 350 g/mol. The van der Waals surface area contributed by atoms with Crippen LogP contribution in [0.1, 0.15) is 52.3 Å². The maximum Gasteiger partial charge on any atom is 0.175 e. The number of hydrogen-bond acceptors (Lipinski definition) is 4. The van der Waals surface area contributed by atoms with Crippen LogP contribution in [0.15, 0.2) is 23.1 Å². The fourth-order valence-electron chi connectivity index (χ4n) is 3.56. The molecule has 132 valence electrons. The summed E-state index contributed by atoms with van der Waals surface area (Å²) in [6.07, 6.45) is 4.91. The molecule has 1 aromatic heterocycles. The number of aromatic nitrogens is 2. The summed E-state index contributed by atoms with van der Waals surface area (Å²) in [6.45, 7) is 6.76. The van der Waals surface area contributed by atoms with Gasteiger partial charge in [-0.2, -0.15) is 0 Å². The lowest BCUT2D eigenvalue weighted by Gasteiger charge is -2.27. The topological polar surface area (TPSA) is 72.2 Å². The summed E-state index contributed by atoms with van der Waals surface area (Å²) >= 11 is 0. The number of fused-ring (bicyclic) bond motifs is 1. The maximum atomic E-state index is 11.8. The van der Waals surface area contributed by atoms with Gasteiger partial charge in [-0.15, -0.1) is 0 Å². The van der Waals surface area contributed by atoms with Gasteiger partial charge in [0.1, 0.15) is 5.82 Å². The minimum Gasteiger partial charge on any atom is -0.388 e. The summed E-state index contributed by atoms with van der Waals surface area (Å²) in [5.41, 5.74) is 0.666. The summed E-state index contributed by atoms with van der Waals surface area (Å²) in [5.74, 6) is 0.878. The van der Waals surface area contributed by atoms with E-state index in [1.54, 1.807) is 12.1 Å². The van der Waals surface area contributed by atoms with Crippen molar-refractivity contribution in [2.75, 3.05) is 6.26 Å². The van der Waals surface area contributed by atoms with E-state index < -0.39 is 15.4 Å². The third-order valence-corrected chi connectivity index (χ3v) is 5.92. The van der Waals surface area contributed by atoms with Crippen LogP contribution in [0.4, 0.5) is 0 Å². The third-order valence-electron chi connectivity index (χ3n) is 4.81. The Morgan fingerprint density at radius 1 is 1.25 bits per heavy atom. The van der Waals surface area contributed by atoms with Gasteiger partial charge in [-0.25, -0.2) is 13.4 Å². The SMILES string of the molecule is CC(C)(C)c1nc2cc(S(C)(=O)=O)ccc2n1CC1(O)CCCC1. The Balaban J connectivity index is 2.17. The predicted octanol–water partition coefficient (Wildman–Crippen LogP) is 3.04. The van der Waals surface area contributed by atoms with Crippen molar-refractivity contribution in [2.45, 2.75) is 68.9 Å². The van der Waals surface area contributed by atoms with Gasteiger partial charge < -0.3 is 9.67 Å². The molecule has 1 heterocycles. The molecule has 24 heavy (non-hydrogen) atoms. The summed E-state index contributed by atoms with van der Waals surface area (Å²) in [4.78, 5) is 5.00. The van der Waals surface area contributed by atoms with Gasteiger partial charge >= 0.3 is 0 Å². The highest BCUT2D eigenvalue weighted by molar-refractivity contribution is 7.90. The van der Waals surface area contributed by atoms with Crippen molar-refractivity contribution < 1.29 is 13.5 Å². The lowest BCUT2D eigenvalue weighted by Crippen LogP contribution is -2.33. The van der Waals surface area contributed by atoms with E-state index in [1.807, 2.05) is 6.07 Å². The van der Waals surface area contributed by atoms with E-state index in [0.29, 0.717) is 12.1 Å². The lowest BCUT2D eigenvalue weighted by atomic mass is 9.94. The smallest absolute Gasteiger partial charge is 0.175 e. The normalized spacial score (nSPS) is 18.4. The van der Waals surface area contributed by atoms with Gasteiger partial charge in [0, 0.05) is 11.7 Å². The van der Waals surface area contributed by atoms with Crippen LogP contribution < -0.4 is 0 Å². The zero-order valence-electron chi connectivity index (χ0n) is 14.8. The molecule has 0 bridgehead atoms. The number of sulfone groups is 1. The molecule has 0 amide bonds. The molecule has 2 aromatic rings. The minimum absolute atomic E-state index is 0.195. The van der Waals surface area contributed by atoms with E-state index in [0.717, 1.165) is 37.0 Å². The third kappa shape index (κ3) is 3.22. The molecule has 0 unspecified atom stereocenters. The Morgan fingerprint density at radius 2 is 1.88 bits per heavy atom. The molecule has 1 fully saturated rings. The summed E-state index contributed by atoms with van der Waals surface area (Å²) in [5, 5.41) is 10.9. The number of rotatable bonds is 3. The second-order valence-corrected chi connectivity index (χ2v) is 10.1. The molecular weight excluding hydrogens is 324 g/mol. The van der Waals surface area contributed by atoms with Gasteiger partial charge in [-0.3, -0.25) is 0 Å². The molecular formula is C18H26N2O3S. The number of imidazole rings is 1. The molecule has 0 saturated heterocycles. The molecule has 0 aliphatic heterocycles. The quantitative estimate of drug-likeness (QED) is 0.923. The highest BCUT2D eigenvalue weighted by Gasteiger charge is 2.34. The first-order chi connectivity index (χ1) is 11.0. The molecule has 0 spiro atoms. The molecule has 1 saturated carbocycles. The van der Waals surface area contributed by atoms with Gasteiger partial charge in [0.25, 0.3) is 0 Å². The largest absolute Gasteiger partial charge is 0.388 e. The molecule has 0 atom stereocenters. The molecule has 5 nitrogen and oxygen atoms in total. The van der Waals surface area contributed by atoms with E-state index in [4.69, 9.17) is 4.98 Å². The van der Waals surface area contributed by atoms with E-state index in [-0.39, 0.29) is 10.3 Å². The van der Waals surface area contributed by atoms with Crippen LogP contribution in [0.2, 0.25) is 0 Å². The van der Waals surface area contributed by atoms with Crippen molar-refractivity contribution in [3.63, 3.8) is 0 Å². The van der Waals surface area contributed by atoms with Gasteiger partial charge in [-0.05, 0) is 31.0 Å². The highest BCUT2D eigenvalue weighted by atomic mass is 32.2. The highest BCUT2D eigenvalue weighted by Crippen LogP contribution is 2.35. The van der Waals surface area contributed by atoms with Crippen LogP contribution in [0.5, 0.6) is 0 Å². The molecule has 1 aromatic carbocycles. The fraction of sp³-hybridized carbons (Fsp3) is 0.611. The average Bonchev–Trinajstić information content (AvgIpc) is 3.02. The van der Waals surface area contributed by atoms with Crippen LogP contribution in [0.25, 0.3) is 11.0 Å². The van der Waals surface area contributed by atoms with Crippen molar-refractivity contribution in [1.82, 2.24) is 9.55 Å². The molecule has 1 aliphatic carbocycles. The fourth-order valence-corrected chi connectivity index (χ4v) is 4.20. The van der Waals surface area contributed by atoms with Gasteiger partial charge in [0.2, 0.25) is 0 Å². The van der Waals surface area contributed by atoms with E-state index in [9.17, 15) is 13.5 Å². The standard InChI is InChI=1S/C18H26N2O3S/c1-17(2,3)16-19-14-11-13(24(4,22)23)7-8-15(14)20(16)12-18(21)9-5-6-10-18/h7-8,11,21H,5-6,9-10,12H2,1-4H3. The van der Waals surface area contributed by atoms with E-state index in [1.165, 1.54) is 6.26 Å². The van der Waals surface area contributed by atoms with Crippen LogP contribution in [0, 0.1) is 0 Å². The Labute approximate surface area is 143 Å². The Hall–Kier alpha value is -1.40. The minimum atomic E-state index is -3.27. The van der Waals surface area contributed by atoms with Crippen molar-refractivity contribution in [3.05, 3.63) is 24.0 Å². The zero-order valence-corrected chi connectivity index (χ0v) is 15.7. The Morgan fingerprint density at radius 3 is 2.42 bits per heavy atom. The summed E-state index contributed by atoms with van der Waals surface area (Å²) < 4.78 is 25.7. The lowest BCUT2D eigenvalue weighted by molar-refractivity contribution is 0.0296. The van der Waals surface area contributed by atoms with Gasteiger partial charge in [0.05, 0.1) is 28.1 Å². The Kier molecular flexibility index (Phi) is 4.04. The molecule has 1 N–H and O–H groups in total. The average molecular weight is 350 g/mol. The van der Waals surface area contributed by atoms with Crippen LogP contribution in [0.3, 0.4) is 0 Å². The van der Waals surface area contributed by atoms with Crippen LogP contribution in [-0.2, 0) is 21.8 Å². The number of benzene rings is 1. The first kappa shape index (κ1) is 17.4. The first-order valence-electron chi connectivity index (χ1n) is 8.43. The second-order valence-electron chi connectivity index (χ2n) is 8.13. The zero-order chi connectivity index (χ0) is 17.8. The number of aliphatic hydroxyl groups is 1. The van der Waals surface area contributed by atoms with Gasteiger partial charge in [-0.1, -0.05) is 33.6 Å². The van der Waals surface area contributed by atoms with Crippen LogP contribution >= 0.6 is 0 Å². The van der Waals surface area contributed by atoms with Crippen molar-refractivity contribution in [3.8, 4) is 0 Å². The molecule has 6 heteroatoms.